The van der Waals surface area contributed by atoms with Crippen LogP contribution >= 0.6 is 0 Å². The highest BCUT2D eigenvalue weighted by Gasteiger charge is 1.94. The first-order valence-electron chi connectivity index (χ1n) is 4.88. The lowest BCUT2D eigenvalue weighted by atomic mass is 10.7. The van der Waals surface area contributed by atoms with Gasteiger partial charge in [-0.3, -0.25) is 0 Å². The van der Waals surface area contributed by atoms with Crippen molar-refractivity contribution in [2.24, 2.45) is 0 Å². The molecule has 0 aliphatic heterocycles. The monoisotopic (exact) mass is 239 g/mol. The second-order valence-corrected chi connectivity index (χ2v) is 2.62. The Morgan fingerprint density at radius 3 is 1.75 bits per heavy atom. The van der Waals surface area contributed by atoms with Gasteiger partial charge in [0.05, 0.1) is 46.2 Å². The van der Waals surface area contributed by atoms with E-state index in [0.717, 1.165) is 0 Å². The molecule has 0 bridgehead atoms. The van der Waals surface area contributed by atoms with Crippen LogP contribution in [0.3, 0.4) is 0 Å². The maximum absolute atomic E-state index is 9.73. The summed E-state index contributed by atoms with van der Waals surface area (Å²) in [6.45, 7) is 1.97. The lowest BCUT2D eigenvalue weighted by Gasteiger charge is -2.05. The van der Waals surface area contributed by atoms with E-state index in [1.807, 2.05) is 0 Å². The topological polar surface area (TPSA) is 100 Å². The highest BCUT2D eigenvalue weighted by atomic mass is 17.0. The van der Waals surface area contributed by atoms with Crippen LogP contribution in [0, 0.1) is 10.1 Å². The summed E-state index contributed by atoms with van der Waals surface area (Å²) in [6, 6.07) is 0. The van der Waals surface area contributed by atoms with Gasteiger partial charge in [0.1, 0.15) is 6.61 Å². The van der Waals surface area contributed by atoms with E-state index in [4.69, 9.17) is 19.3 Å². The van der Waals surface area contributed by atoms with Gasteiger partial charge in [0.2, 0.25) is 0 Å². The Labute approximate surface area is 93.1 Å². The Balaban J connectivity index is 2.90. The van der Waals surface area contributed by atoms with Gasteiger partial charge in [-0.25, -0.2) is 0 Å². The van der Waals surface area contributed by atoms with Gasteiger partial charge < -0.3 is 24.2 Å². The summed E-state index contributed by atoms with van der Waals surface area (Å²) in [5.74, 6) is 0. The Hall–Kier alpha value is -0.960. The number of hydrogen-bond acceptors (Lipinski definition) is 7. The molecule has 0 heterocycles. The third kappa shape index (κ3) is 13.0. The van der Waals surface area contributed by atoms with Crippen LogP contribution in [-0.4, -0.2) is 63.0 Å². The van der Waals surface area contributed by atoms with Crippen LogP contribution in [-0.2, 0) is 19.0 Å². The van der Waals surface area contributed by atoms with Gasteiger partial charge in [0.15, 0.2) is 0 Å². The first-order valence-corrected chi connectivity index (χ1v) is 4.88. The summed E-state index contributed by atoms with van der Waals surface area (Å²) in [7, 11) is 0. The van der Waals surface area contributed by atoms with Crippen LogP contribution in [0.1, 0.15) is 0 Å². The summed E-state index contributed by atoms with van der Waals surface area (Å²) in [5.41, 5.74) is 0. The lowest BCUT2D eigenvalue weighted by molar-refractivity contribution is -0.758. The molecule has 96 valence electrons. The van der Waals surface area contributed by atoms with Gasteiger partial charge in [-0.15, -0.1) is 10.1 Å². The van der Waals surface area contributed by atoms with Gasteiger partial charge in [-0.05, 0) is 0 Å². The summed E-state index contributed by atoms with van der Waals surface area (Å²) in [6.07, 6.45) is 0. The van der Waals surface area contributed by atoms with E-state index in [-0.39, 0.29) is 19.8 Å². The number of aliphatic hydroxyl groups excluding tert-OH is 1. The number of aliphatic hydroxyl groups is 1. The van der Waals surface area contributed by atoms with Crippen molar-refractivity contribution in [3.63, 3.8) is 0 Å². The third-order valence-electron chi connectivity index (χ3n) is 1.40. The van der Waals surface area contributed by atoms with Crippen LogP contribution in [0.2, 0.25) is 0 Å². The zero-order valence-corrected chi connectivity index (χ0v) is 9.00. The molecule has 0 aliphatic carbocycles. The van der Waals surface area contributed by atoms with E-state index in [2.05, 4.69) is 4.84 Å². The SMILES string of the molecule is O=[N+]([O-])OCCOCCOCCOCCO. The van der Waals surface area contributed by atoms with E-state index in [1.54, 1.807) is 0 Å². The summed E-state index contributed by atoms with van der Waals surface area (Å²) in [4.78, 5) is 13.8. The molecule has 0 amide bonds. The van der Waals surface area contributed by atoms with Crippen molar-refractivity contribution in [1.82, 2.24) is 0 Å². The van der Waals surface area contributed by atoms with Gasteiger partial charge in [0, 0.05) is 0 Å². The average molecular weight is 239 g/mol. The number of nitrogens with zero attached hydrogens (tertiary/aromatic N) is 1. The predicted octanol–water partition coefficient (Wildman–Crippen LogP) is -0.763. The molecule has 0 aromatic carbocycles. The van der Waals surface area contributed by atoms with Gasteiger partial charge in [0.25, 0.3) is 5.09 Å². The molecule has 1 N–H and O–H groups in total. The van der Waals surface area contributed by atoms with Crippen molar-refractivity contribution in [3.05, 3.63) is 10.1 Å². The van der Waals surface area contributed by atoms with Crippen molar-refractivity contribution in [3.8, 4) is 0 Å². The van der Waals surface area contributed by atoms with Crippen LogP contribution in [0.15, 0.2) is 0 Å². The zero-order chi connectivity index (χ0) is 12.1. The van der Waals surface area contributed by atoms with Crippen molar-refractivity contribution in [1.29, 1.82) is 0 Å². The van der Waals surface area contributed by atoms with E-state index >= 15 is 0 Å². The van der Waals surface area contributed by atoms with Crippen molar-refractivity contribution in [2.45, 2.75) is 0 Å². The molecule has 16 heavy (non-hydrogen) atoms. The number of hydrogen-bond donors (Lipinski definition) is 1. The number of ether oxygens (including phenoxy) is 3. The smallest absolute Gasteiger partial charge is 0.294 e. The molecule has 0 aliphatic rings. The fourth-order valence-corrected chi connectivity index (χ4v) is 0.777. The Morgan fingerprint density at radius 2 is 1.31 bits per heavy atom. The van der Waals surface area contributed by atoms with Crippen molar-refractivity contribution in [2.75, 3.05) is 52.9 Å². The molecule has 8 heteroatoms. The summed E-state index contributed by atoms with van der Waals surface area (Å²) in [5, 5.41) is 17.3. The zero-order valence-electron chi connectivity index (χ0n) is 9.00. The summed E-state index contributed by atoms with van der Waals surface area (Å²) < 4.78 is 15.0. The fraction of sp³-hybridized carbons (Fsp3) is 1.00. The van der Waals surface area contributed by atoms with Crippen LogP contribution in [0.25, 0.3) is 0 Å². The van der Waals surface area contributed by atoms with Crippen molar-refractivity contribution >= 4 is 0 Å². The highest BCUT2D eigenvalue weighted by molar-refractivity contribution is 4.33. The van der Waals surface area contributed by atoms with Crippen molar-refractivity contribution < 1.29 is 29.2 Å². The van der Waals surface area contributed by atoms with E-state index in [0.29, 0.717) is 33.0 Å². The minimum absolute atomic E-state index is 0.000439. The molecule has 0 unspecified atom stereocenters. The standard InChI is InChI=1S/C8H17NO7/c10-1-2-13-3-4-14-5-6-15-7-8-16-9(11)12/h10H,1-8H2. The molecule has 0 fully saturated rings. The van der Waals surface area contributed by atoms with Gasteiger partial charge >= 0.3 is 0 Å². The second kappa shape index (κ2) is 12.1. The second-order valence-electron chi connectivity index (χ2n) is 2.62. The minimum atomic E-state index is -0.863. The molecule has 0 atom stereocenters. The van der Waals surface area contributed by atoms with E-state index in [1.165, 1.54) is 0 Å². The van der Waals surface area contributed by atoms with Crippen LogP contribution in [0.5, 0.6) is 0 Å². The molecule has 8 nitrogen and oxygen atoms in total. The van der Waals surface area contributed by atoms with E-state index < -0.39 is 5.09 Å². The molecule has 0 spiro atoms. The lowest BCUT2D eigenvalue weighted by Crippen LogP contribution is -2.13. The van der Waals surface area contributed by atoms with Gasteiger partial charge in [-0.1, -0.05) is 0 Å². The molecular weight excluding hydrogens is 222 g/mol. The first kappa shape index (κ1) is 15.0. The van der Waals surface area contributed by atoms with Crippen LogP contribution < -0.4 is 0 Å². The van der Waals surface area contributed by atoms with Crippen LogP contribution in [0.4, 0.5) is 0 Å². The first-order chi connectivity index (χ1) is 7.77. The normalized spacial score (nSPS) is 10.3. The average Bonchev–Trinajstić information content (AvgIpc) is 2.25. The Kier molecular flexibility index (Phi) is 11.4. The molecule has 0 rings (SSSR count). The van der Waals surface area contributed by atoms with Gasteiger partial charge in [-0.2, -0.15) is 0 Å². The molecule has 0 aromatic rings. The molecule has 0 saturated carbocycles. The summed E-state index contributed by atoms with van der Waals surface area (Å²) >= 11 is 0. The maximum Gasteiger partial charge on any atom is 0.294 e. The minimum Gasteiger partial charge on any atom is -0.394 e. The Morgan fingerprint density at radius 1 is 0.875 bits per heavy atom. The molecule has 0 aromatic heterocycles. The molecular formula is C8H17NO7. The Bertz CT molecular complexity index is 166. The van der Waals surface area contributed by atoms with E-state index in [9.17, 15) is 10.1 Å². The fourth-order valence-electron chi connectivity index (χ4n) is 0.777. The molecule has 0 radical (unpaired) electrons. The molecule has 0 saturated heterocycles. The quantitative estimate of drug-likeness (QED) is 0.271. The predicted molar refractivity (Wildman–Crippen MR) is 52.5 cm³/mol. The maximum atomic E-state index is 9.73. The largest absolute Gasteiger partial charge is 0.394 e. The third-order valence-corrected chi connectivity index (χ3v) is 1.40. The highest BCUT2D eigenvalue weighted by Crippen LogP contribution is 1.82. The number of rotatable bonds is 12.